The maximum atomic E-state index is 11.6. The van der Waals surface area contributed by atoms with Crippen LogP contribution in [0.15, 0.2) is 0 Å². The summed E-state index contributed by atoms with van der Waals surface area (Å²) in [5.74, 6) is 0.927. The van der Waals surface area contributed by atoms with E-state index in [9.17, 15) is 9.90 Å². The van der Waals surface area contributed by atoms with Gasteiger partial charge in [-0.3, -0.25) is 4.79 Å². The highest BCUT2D eigenvalue weighted by molar-refractivity contribution is 7.19. The van der Waals surface area contributed by atoms with E-state index in [1.807, 2.05) is 6.92 Å². The van der Waals surface area contributed by atoms with E-state index >= 15 is 0 Å². The Balaban J connectivity index is 2.25. The monoisotopic (exact) mass is 214 g/mol. The number of Topliss-reactive ketones (excluding diaryl/α,β-unsaturated/α-hetero) is 1. The fourth-order valence-corrected chi connectivity index (χ4v) is 3.94. The van der Waals surface area contributed by atoms with Crippen LogP contribution in [0.4, 0.5) is 0 Å². The van der Waals surface area contributed by atoms with Crippen LogP contribution in [0, 0.1) is 11.8 Å². The lowest BCUT2D eigenvalue weighted by Gasteiger charge is -2.50. The molecule has 2 aliphatic rings. The van der Waals surface area contributed by atoms with E-state index in [2.05, 4.69) is 9.24 Å². The predicted molar refractivity (Wildman–Crippen MR) is 59.2 cm³/mol. The highest BCUT2D eigenvalue weighted by Crippen LogP contribution is 2.50. The second-order valence-corrected chi connectivity index (χ2v) is 6.00. The molecule has 0 spiro atoms. The second-order valence-electron chi connectivity index (χ2n) is 4.92. The molecule has 2 fully saturated rings. The summed E-state index contributed by atoms with van der Waals surface area (Å²) < 4.78 is 0. The van der Waals surface area contributed by atoms with Gasteiger partial charge in [-0.05, 0) is 25.2 Å². The normalized spacial score (nSPS) is 48.8. The van der Waals surface area contributed by atoms with Crippen LogP contribution in [0.3, 0.4) is 0 Å². The van der Waals surface area contributed by atoms with Gasteiger partial charge < -0.3 is 5.11 Å². The van der Waals surface area contributed by atoms with Gasteiger partial charge in [-0.2, -0.15) is 0 Å². The number of aliphatic hydroxyl groups excluding tert-OH is 1. The predicted octanol–water partition coefficient (Wildman–Crippen LogP) is 1.76. The minimum absolute atomic E-state index is 0.0639. The van der Waals surface area contributed by atoms with E-state index in [0.29, 0.717) is 18.1 Å². The summed E-state index contributed by atoms with van der Waals surface area (Å²) in [7, 11) is 2.85. The van der Waals surface area contributed by atoms with Crippen molar-refractivity contribution in [1.29, 1.82) is 0 Å². The first-order valence-electron chi connectivity index (χ1n) is 5.55. The molecule has 1 N–H and O–H groups in total. The molecule has 2 nitrogen and oxygen atoms in total. The topological polar surface area (TPSA) is 37.3 Å². The van der Waals surface area contributed by atoms with Crippen LogP contribution in [-0.4, -0.2) is 22.1 Å². The maximum Gasteiger partial charge on any atom is 0.136 e. The first-order chi connectivity index (χ1) is 6.55. The van der Waals surface area contributed by atoms with Crippen LogP contribution in [0.2, 0.25) is 0 Å². The molecule has 2 saturated carbocycles. The Morgan fingerprint density at radius 1 is 1.50 bits per heavy atom. The number of hydrogen-bond donors (Lipinski definition) is 1. The fourth-order valence-electron chi connectivity index (χ4n) is 3.17. The lowest BCUT2D eigenvalue weighted by Crippen LogP contribution is -2.53. The second kappa shape index (κ2) is 3.57. The summed E-state index contributed by atoms with van der Waals surface area (Å²) >= 11 is 0. The zero-order chi connectivity index (χ0) is 10.3. The highest BCUT2D eigenvalue weighted by atomic mass is 31.0. The summed E-state index contributed by atoms with van der Waals surface area (Å²) in [6.45, 7) is 2.03. The average molecular weight is 214 g/mol. The molecule has 80 valence electrons. The largest absolute Gasteiger partial charge is 0.392 e. The molecule has 0 aromatic rings. The smallest absolute Gasteiger partial charge is 0.136 e. The van der Waals surface area contributed by atoms with Crippen molar-refractivity contribution in [2.24, 2.45) is 11.8 Å². The fraction of sp³-hybridized carbons (Fsp3) is 0.909. The van der Waals surface area contributed by atoms with Crippen molar-refractivity contribution in [1.82, 2.24) is 0 Å². The summed E-state index contributed by atoms with van der Waals surface area (Å²) in [5, 5.41) is 9.97. The number of carbonyl (C=O) groups is 1. The van der Waals surface area contributed by atoms with Crippen LogP contribution in [-0.2, 0) is 4.79 Å². The molecular weight excluding hydrogens is 195 g/mol. The number of hydrogen-bond acceptors (Lipinski definition) is 2. The zero-order valence-corrected chi connectivity index (χ0v) is 9.86. The summed E-state index contributed by atoms with van der Waals surface area (Å²) in [6.07, 6.45) is 4.36. The van der Waals surface area contributed by atoms with Gasteiger partial charge in [0.05, 0.1) is 6.10 Å². The minimum Gasteiger partial charge on any atom is -0.392 e. The molecule has 0 aromatic carbocycles. The van der Waals surface area contributed by atoms with Crippen LogP contribution < -0.4 is 0 Å². The molecule has 0 amide bonds. The number of ketones is 1. The Labute approximate surface area is 87.7 Å². The van der Waals surface area contributed by atoms with Crippen LogP contribution in [0.1, 0.15) is 39.0 Å². The Morgan fingerprint density at radius 2 is 2.21 bits per heavy atom. The lowest BCUT2D eigenvalue weighted by atomic mass is 9.63. The van der Waals surface area contributed by atoms with Crippen LogP contribution >= 0.6 is 9.24 Å². The molecule has 0 aromatic heterocycles. The van der Waals surface area contributed by atoms with Crippen molar-refractivity contribution in [3.63, 3.8) is 0 Å². The van der Waals surface area contributed by atoms with E-state index in [-0.39, 0.29) is 17.2 Å². The van der Waals surface area contributed by atoms with Crippen molar-refractivity contribution < 1.29 is 9.90 Å². The van der Waals surface area contributed by atoms with Crippen LogP contribution in [0.25, 0.3) is 0 Å². The third kappa shape index (κ3) is 1.44. The Bertz CT molecular complexity index is 254. The zero-order valence-electron chi connectivity index (χ0n) is 8.70. The molecule has 0 radical (unpaired) electrons. The van der Waals surface area contributed by atoms with Gasteiger partial charge >= 0.3 is 0 Å². The van der Waals surface area contributed by atoms with Gasteiger partial charge in [-0.1, -0.05) is 13.3 Å². The minimum atomic E-state index is -0.221. The van der Waals surface area contributed by atoms with Crippen molar-refractivity contribution in [3.8, 4) is 0 Å². The van der Waals surface area contributed by atoms with E-state index in [0.717, 1.165) is 25.7 Å². The van der Waals surface area contributed by atoms with Gasteiger partial charge in [-0.15, -0.1) is 9.24 Å². The van der Waals surface area contributed by atoms with Gasteiger partial charge in [0.15, 0.2) is 0 Å². The summed E-state index contributed by atoms with van der Waals surface area (Å²) in [6, 6.07) is 0. The van der Waals surface area contributed by atoms with Crippen molar-refractivity contribution >= 4 is 15.0 Å². The van der Waals surface area contributed by atoms with Crippen LogP contribution in [0.5, 0.6) is 0 Å². The van der Waals surface area contributed by atoms with Gasteiger partial charge in [-0.25, -0.2) is 0 Å². The number of fused-ring (bicyclic) bond motifs is 1. The van der Waals surface area contributed by atoms with Gasteiger partial charge in [0, 0.05) is 17.5 Å². The van der Waals surface area contributed by atoms with Crippen molar-refractivity contribution in [2.45, 2.75) is 50.3 Å². The molecular formula is C11H19O2P. The third-order valence-corrected chi connectivity index (χ3v) is 5.32. The van der Waals surface area contributed by atoms with Gasteiger partial charge in [0.25, 0.3) is 0 Å². The Hall–Kier alpha value is 0.0600. The molecule has 0 bridgehead atoms. The number of aliphatic hydroxyl groups is 1. The van der Waals surface area contributed by atoms with E-state index in [1.165, 1.54) is 0 Å². The average Bonchev–Trinajstić information content (AvgIpc) is 2.16. The molecule has 2 aliphatic carbocycles. The lowest BCUT2D eigenvalue weighted by molar-refractivity contribution is -0.129. The Morgan fingerprint density at radius 3 is 2.93 bits per heavy atom. The van der Waals surface area contributed by atoms with E-state index in [1.54, 1.807) is 0 Å². The molecule has 0 saturated heterocycles. The molecule has 14 heavy (non-hydrogen) atoms. The maximum absolute atomic E-state index is 11.6. The quantitative estimate of drug-likeness (QED) is 0.624. The highest BCUT2D eigenvalue weighted by Gasteiger charge is 2.49. The van der Waals surface area contributed by atoms with Crippen molar-refractivity contribution in [3.05, 3.63) is 0 Å². The first kappa shape index (κ1) is 10.6. The van der Waals surface area contributed by atoms with Gasteiger partial charge in [0.2, 0.25) is 0 Å². The standard InChI is InChI=1S/C11H19O2P/c1-7-8-3-2-4-10(13)11(8,14)6-5-9(7)12/h7-8,10,13H,2-6,14H2,1H3/t7-,8-,10-,11+/m1/s1. The molecule has 0 aliphatic heterocycles. The SMILES string of the molecule is C[C@H]1C(=O)CC[C@@]2(P)[C@H](O)CCC[C@H]12. The molecule has 2 rings (SSSR count). The third-order valence-electron chi connectivity index (χ3n) is 4.22. The van der Waals surface area contributed by atoms with E-state index < -0.39 is 0 Å². The molecule has 5 atom stereocenters. The molecule has 0 heterocycles. The Kier molecular flexibility index (Phi) is 2.70. The molecule has 3 heteroatoms. The van der Waals surface area contributed by atoms with Crippen molar-refractivity contribution in [2.75, 3.05) is 0 Å². The summed E-state index contributed by atoms with van der Waals surface area (Å²) in [4.78, 5) is 11.6. The number of carbonyl (C=O) groups excluding carboxylic acids is 1. The number of rotatable bonds is 0. The van der Waals surface area contributed by atoms with E-state index in [4.69, 9.17) is 0 Å². The van der Waals surface area contributed by atoms with Gasteiger partial charge in [0.1, 0.15) is 5.78 Å². The summed E-state index contributed by atoms with van der Waals surface area (Å²) in [5.41, 5.74) is 0. The first-order valence-corrected chi connectivity index (χ1v) is 6.13. The molecule has 1 unspecified atom stereocenters.